The molecule has 0 amide bonds. The van der Waals surface area contributed by atoms with Crippen LogP contribution in [0.15, 0.2) is 0 Å². The van der Waals surface area contributed by atoms with Gasteiger partial charge in [0.05, 0.1) is 17.6 Å². The minimum atomic E-state index is -0.128. The van der Waals surface area contributed by atoms with Crippen molar-refractivity contribution < 1.29 is 9.53 Å². The number of ether oxygens (including phenoxy) is 1. The van der Waals surface area contributed by atoms with Gasteiger partial charge >= 0.3 is 0 Å². The van der Waals surface area contributed by atoms with E-state index in [4.69, 9.17) is 4.74 Å². The highest BCUT2D eigenvalue weighted by molar-refractivity contribution is 5.92. The third kappa shape index (κ3) is 1.92. The maximum absolute atomic E-state index is 11.8. The van der Waals surface area contributed by atoms with Crippen molar-refractivity contribution in [2.75, 3.05) is 0 Å². The summed E-state index contributed by atoms with van der Waals surface area (Å²) < 4.78 is 6.17. The summed E-state index contributed by atoms with van der Waals surface area (Å²) in [7, 11) is 0. The van der Waals surface area contributed by atoms with Crippen molar-refractivity contribution in [1.29, 1.82) is 0 Å². The third-order valence-corrected chi connectivity index (χ3v) is 4.71. The lowest BCUT2D eigenvalue weighted by atomic mass is 9.61. The van der Waals surface area contributed by atoms with Crippen molar-refractivity contribution >= 4 is 5.78 Å². The highest BCUT2D eigenvalue weighted by Gasteiger charge is 2.53. The Kier molecular flexibility index (Phi) is 3.68. The maximum Gasteiger partial charge on any atom is 0.144 e. The summed E-state index contributed by atoms with van der Waals surface area (Å²) >= 11 is 0. The highest BCUT2D eigenvalue weighted by atomic mass is 16.5. The van der Waals surface area contributed by atoms with E-state index in [2.05, 4.69) is 13.8 Å². The fraction of sp³-hybridized carbons (Fsp3) is 0.929. The number of carbonyl (C=O) groups excluding carboxylic acids is 1. The highest BCUT2D eigenvalue weighted by Crippen LogP contribution is 2.46. The molecule has 2 fully saturated rings. The van der Waals surface area contributed by atoms with Gasteiger partial charge in [-0.3, -0.25) is 4.79 Å². The molecule has 0 spiro atoms. The molecular formula is C14H24O2. The summed E-state index contributed by atoms with van der Waals surface area (Å²) in [5.74, 6) is 0.429. The van der Waals surface area contributed by atoms with Gasteiger partial charge in [-0.05, 0) is 25.7 Å². The van der Waals surface area contributed by atoms with Gasteiger partial charge in [0.25, 0.3) is 0 Å². The molecule has 0 bridgehead atoms. The van der Waals surface area contributed by atoms with Gasteiger partial charge in [0, 0.05) is 6.42 Å². The zero-order valence-corrected chi connectivity index (χ0v) is 10.6. The molecule has 0 heterocycles. The molecule has 92 valence electrons. The fourth-order valence-electron chi connectivity index (χ4n) is 3.33. The van der Waals surface area contributed by atoms with Crippen LogP contribution in [0, 0.1) is 5.41 Å². The molecule has 2 saturated carbocycles. The van der Waals surface area contributed by atoms with Gasteiger partial charge in [-0.1, -0.05) is 33.1 Å². The second-order valence-electron chi connectivity index (χ2n) is 5.38. The first kappa shape index (κ1) is 12.1. The van der Waals surface area contributed by atoms with Crippen LogP contribution < -0.4 is 0 Å². The first-order chi connectivity index (χ1) is 7.73. The number of hydrogen-bond donors (Lipinski definition) is 0. The molecule has 1 atom stereocenters. The van der Waals surface area contributed by atoms with Crippen LogP contribution in [0.5, 0.6) is 0 Å². The van der Waals surface area contributed by atoms with Gasteiger partial charge in [-0.15, -0.1) is 0 Å². The van der Waals surface area contributed by atoms with Crippen LogP contribution in [0.4, 0.5) is 0 Å². The molecule has 2 nitrogen and oxygen atoms in total. The Hall–Kier alpha value is -0.370. The maximum atomic E-state index is 11.8. The molecule has 0 aromatic heterocycles. The summed E-state index contributed by atoms with van der Waals surface area (Å²) in [6.45, 7) is 4.25. The SMILES string of the molecule is CCC1(CC)C(=O)CC1OC1CCCCC1. The second-order valence-corrected chi connectivity index (χ2v) is 5.38. The Morgan fingerprint density at radius 2 is 1.81 bits per heavy atom. The van der Waals surface area contributed by atoms with Gasteiger partial charge in [0.15, 0.2) is 0 Å². The average Bonchev–Trinajstić information content (AvgIpc) is 2.32. The molecule has 2 heteroatoms. The molecule has 2 rings (SSSR count). The molecule has 0 radical (unpaired) electrons. The predicted octanol–water partition coefficient (Wildman–Crippen LogP) is 3.48. The summed E-state index contributed by atoms with van der Waals surface area (Å²) in [6, 6.07) is 0. The number of carbonyl (C=O) groups is 1. The first-order valence-corrected chi connectivity index (χ1v) is 6.91. The van der Waals surface area contributed by atoms with Crippen molar-refractivity contribution in [2.45, 2.75) is 77.4 Å². The number of hydrogen-bond acceptors (Lipinski definition) is 2. The molecule has 0 N–H and O–H groups in total. The fourth-order valence-corrected chi connectivity index (χ4v) is 3.33. The largest absolute Gasteiger partial charge is 0.373 e. The van der Waals surface area contributed by atoms with Crippen molar-refractivity contribution in [1.82, 2.24) is 0 Å². The van der Waals surface area contributed by atoms with Gasteiger partial charge in [0.1, 0.15) is 5.78 Å². The molecule has 0 aromatic carbocycles. The van der Waals surface area contributed by atoms with Crippen molar-refractivity contribution in [2.24, 2.45) is 5.41 Å². The van der Waals surface area contributed by atoms with Gasteiger partial charge in [-0.25, -0.2) is 0 Å². The lowest BCUT2D eigenvalue weighted by Crippen LogP contribution is -2.55. The molecule has 0 aliphatic heterocycles. The number of ketones is 1. The van der Waals surface area contributed by atoms with Crippen LogP contribution in [0.1, 0.15) is 65.2 Å². The normalized spacial score (nSPS) is 30.1. The summed E-state index contributed by atoms with van der Waals surface area (Å²) in [6.07, 6.45) is 9.58. The van der Waals surface area contributed by atoms with Crippen molar-refractivity contribution in [3.63, 3.8) is 0 Å². The molecule has 0 saturated heterocycles. The van der Waals surface area contributed by atoms with E-state index in [0.717, 1.165) is 12.8 Å². The molecule has 2 aliphatic rings. The van der Waals surface area contributed by atoms with Crippen LogP contribution in [0.25, 0.3) is 0 Å². The van der Waals surface area contributed by atoms with Gasteiger partial charge in [0.2, 0.25) is 0 Å². The lowest BCUT2D eigenvalue weighted by molar-refractivity contribution is -0.175. The molecular weight excluding hydrogens is 200 g/mol. The second kappa shape index (κ2) is 4.87. The predicted molar refractivity (Wildman–Crippen MR) is 64.4 cm³/mol. The zero-order valence-electron chi connectivity index (χ0n) is 10.6. The van der Waals surface area contributed by atoms with Crippen molar-refractivity contribution in [3.05, 3.63) is 0 Å². The minimum absolute atomic E-state index is 0.128. The zero-order chi connectivity index (χ0) is 11.6. The van der Waals surface area contributed by atoms with Crippen LogP contribution in [-0.4, -0.2) is 18.0 Å². The average molecular weight is 224 g/mol. The Morgan fingerprint density at radius 1 is 1.19 bits per heavy atom. The van der Waals surface area contributed by atoms with Crippen LogP contribution in [-0.2, 0) is 9.53 Å². The van der Waals surface area contributed by atoms with Crippen LogP contribution >= 0.6 is 0 Å². The van der Waals surface area contributed by atoms with Gasteiger partial charge in [-0.2, -0.15) is 0 Å². The topological polar surface area (TPSA) is 26.3 Å². The molecule has 0 aromatic rings. The Balaban J connectivity index is 1.92. The number of rotatable bonds is 4. The first-order valence-electron chi connectivity index (χ1n) is 6.91. The smallest absolute Gasteiger partial charge is 0.144 e. The van der Waals surface area contributed by atoms with Crippen LogP contribution in [0.3, 0.4) is 0 Å². The van der Waals surface area contributed by atoms with E-state index in [1.165, 1.54) is 32.1 Å². The quantitative estimate of drug-likeness (QED) is 0.730. The summed E-state index contributed by atoms with van der Waals surface area (Å²) in [4.78, 5) is 11.8. The molecule has 16 heavy (non-hydrogen) atoms. The lowest BCUT2D eigenvalue weighted by Gasteiger charge is -2.48. The van der Waals surface area contributed by atoms with E-state index in [-0.39, 0.29) is 11.5 Å². The van der Waals surface area contributed by atoms with E-state index >= 15 is 0 Å². The van der Waals surface area contributed by atoms with Crippen LogP contribution in [0.2, 0.25) is 0 Å². The van der Waals surface area contributed by atoms with E-state index in [0.29, 0.717) is 18.3 Å². The Labute approximate surface area is 98.7 Å². The van der Waals surface area contributed by atoms with Gasteiger partial charge < -0.3 is 4.74 Å². The third-order valence-electron chi connectivity index (χ3n) is 4.71. The molecule has 1 unspecified atom stereocenters. The Bertz CT molecular complexity index is 249. The van der Waals surface area contributed by atoms with E-state index in [1.54, 1.807) is 0 Å². The molecule has 2 aliphatic carbocycles. The number of Topliss-reactive ketones (excluding diaryl/α,β-unsaturated/α-hetero) is 1. The van der Waals surface area contributed by atoms with E-state index in [1.807, 2.05) is 0 Å². The monoisotopic (exact) mass is 224 g/mol. The standard InChI is InChI=1S/C14H24O2/c1-3-14(4-2)12(15)10-13(14)16-11-8-6-5-7-9-11/h11,13H,3-10H2,1-2H3. The summed E-state index contributed by atoms with van der Waals surface area (Å²) in [5, 5.41) is 0. The van der Waals surface area contributed by atoms with Crippen molar-refractivity contribution in [3.8, 4) is 0 Å². The summed E-state index contributed by atoms with van der Waals surface area (Å²) in [5.41, 5.74) is -0.128. The Morgan fingerprint density at radius 3 is 2.31 bits per heavy atom. The minimum Gasteiger partial charge on any atom is -0.373 e. The van der Waals surface area contributed by atoms with E-state index < -0.39 is 0 Å². The van der Waals surface area contributed by atoms with E-state index in [9.17, 15) is 4.79 Å².